The summed E-state index contributed by atoms with van der Waals surface area (Å²) in [4.78, 5) is 11.1. The van der Waals surface area contributed by atoms with Crippen molar-refractivity contribution < 1.29 is 14.6 Å². The Hall–Kier alpha value is -2.01. The topological polar surface area (TPSA) is 77.5 Å². The SMILES string of the molecule is COc1ccc2c(C(N)C(=O)O)cn(C(C)C)c2c1. The minimum absolute atomic E-state index is 0.212. The number of carbonyl (C=O) groups is 1. The second-order valence-electron chi connectivity index (χ2n) is 4.78. The lowest BCUT2D eigenvalue weighted by molar-refractivity contribution is -0.138. The Kier molecular flexibility index (Phi) is 3.48. The highest BCUT2D eigenvalue weighted by Gasteiger charge is 2.21. The first-order chi connectivity index (χ1) is 8.95. The molecule has 3 N–H and O–H groups in total. The van der Waals surface area contributed by atoms with Crippen molar-refractivity contribution in [3.8, 4) is 5.75 Å². The van der Waals surface area contributed by atoms with E-state index in [0.717, 1.165) is 16.7 Å². The minimum atomic E-state index is -1.03. The number of hydrogen-bond acceptors (Lipinski definition) is 3. The van der Waals surface area contributed by atoms with Crippen molar-refractivity contribution in [2.24, 2.45) is 5.73 Å². The second-order valence-corrected chi connectivity index (χ2v) is 4.78. The number of ether oxygens (including phenoxy) is 1. The van der Waals surface area contributed by atoms with Gasteiger partial charge in [-0.05, 0) is 26.0 Å². The molecule has 19 heavy (non-hydrogen) atoms. The van der Waals surface area contributed by atoms with Gasteiger partial charge in [-0.15, -0.1) is 0 Å². The maximum absolute atomic E-state index is 11.1. The summed E-state index contributed by atoms with van der Waals surface area (Å²) in [5, 5.41) is 9.94. The van der Waals surface area contributed by atoms with Crippen LogP contribution in [0.15, 0.2) is 24.4 Å². The van der Waals surface area contributed by atoms with E-state index in [9.17, 15) is 4.79 Å². The lowest BCUT2D eigenvalue weighted by atomic mass is 10.1. The monoisotopic (exact) mass is 262 g/mol. The molecule has 0 bridgehead atoms. The van der Waals surface area contributed by atoms with Gasteiger partial charge >= 0.3 is 5.97 Å². The third-order valence-corrected chi connectivity index (χ3v) is 3.23. The highest BCUT2D eigenvalue weighted by atomic mass is 16.5. The zero-order valence-corrected chi connectivity index (χ0v) is 11.3. The van der Waals surface area contributed by atoms with Crippen LogP contribution < -0.4 is 10.5 Å². The van der Waals surface area contributed by atoms with Crippen LogP contribution in [0.2, 0.25) is 0 Å². The molecule has 0 amide bonds. The molecule has 0 aliphatic carbocycles. The molecule has 1 unspecified atom stereocenters. The molecule has 0 fully saturated rings. The van der Waals surface area contributed by atoms with Crippen molar-refractivity contribution in [3.63, 3.8) is 0 Å². The van der Waals surface area contributed by atoms with Gasteiger partial charge in [0.2, 0.25) is 0 Å². The number of methoxy groups -OCH3 is 1. The van der Waals surface area contributed by atoms with Gasteiger partial charge in [0.15, 0.2) is 0 Å². The van der Waals surface area contributed by atoms with E-state index >= 15 is 0 Å². The summed E-state index contributed by atoms with van der Waals surface area (Å²) in [6, 6.07) is 4.75. The molecule has 1 aromatic heterocycles. The largest absolute Gasteiger partial charge is 0.497 e. The standard InChI is InChI=1S/C14H18N2O3/c1-8(2)16-7-11(13(15)14(17)18)10-5-4-9(19-3)6-12(10)16/h4-8,13H,15H2,1-3H3,(H,17,18). The summed E-state index contributed by atoms with van der Waals surface area (Å²) < 4.78 is 7.22. The van der Waals surface area contributed by atoms with Crippen LogP contribution in [0.4, 0.5) is 0 Å². The molecule has 0 aliphatic rings. The molecule has 0 aliphatic heterocycles. The van der Waals surface area contributed by atoms with Crippen molar-refractivity contribution in [3.05, 3.63) is 30.0 Å². The van der Waals surface area contributed by atoms with Gasteiger partial charge in [0, 0.05) is 29.3 Å². The molecule has 0 saturated heterocycles. The van der Waals surface area contributed by atoms with Crippen molar-refractivity contribution in [1.29, 1.82) is 0 Å². The average Bonchev–Trinajstić information content (AvgIpc) is 2.76. The average molecular weight is 262 g/mol. The fraction of sp³-hybridized carbons (Fsp3) is 0.357. The first-order valence-corrected chi connectivity index (χ1v) is 6.12. The lowest BCUT2D eigenvalue weighted by Crippen LogP contribution is -2.20. The maximum Gasteiger partial charge on any atom is 0.325 e. The van der Waals surface area contributed by atoms with Gasteiger partial charge in [0.25, 0.3) is 0 Å². The Bertz CT molecular complexity index is 616. The molecule has 102 valence electrons. The summed E-state index contributed by atoms with van der Waals surface area (Å²) in [5.41, 5.74) is 7.30. The van der Waals surface area contributed by atoms with E-state index < -0.39 is 12.0 Å². The summed E-state index contributed by atoms with van der Waals surface area (Å²) in [6.45, 7) is 4.07. The first kappa shape index (κ1) is 13.4. The van der Waals surface area contributed by atoms with E-state index in [1.54, 1.807) is 7.11 Å². The molecule has 5 nitrogen and oxygen atoms in total. The Morgan fingerprint density at radius 2 is 2.11 bits per heavy atom. The van der Waals surface area contributed by atoms with E-state index in [2.05, 4.69) is 0 Å². The Morgan fingerprint density at radius 1 is 1.42 bits per heavy atom. The van der Waals surface area contributed by atoms with Crippen LogP contribution in [0.1, 0.15) is 31.5 Å². The number of rotatable bonds is 4. The van der Waals surface area contributed by atoms with Crippen LogP contribution in [0, 0.1) is 0 Å². The smallest absolute Gasteiger partial charge is 0.325 e. The predicted molar refractivity (Wildman–Crippen MR) is 73.4 cm³/mol. The van der Waals surface area contributed by atoms with Crippen LogP contribution in [0.3, 0.4) is 0 Å². The number of carboxylic acid groups (broad SMARTS) is 1. The highest BCUT2D eigenvalue weighted by Crippen LogP contribution is 2.31. The zero-order chi connectivity index (χ0) is 14.2. The van der Waals surface area contributed by atoms with E-state index in [1.807, 2.05) is 42.8 Å². The highest BCUT2D eigenvalue weighted by molar-refractivity contribution is 5.90. The Morgan fingerprint density at radius 3 is 2.63 bits per heavy atom. The van der Waals surface area contributed by atoms with Gasteiger partial charge in [0.1, 0.15) is 11.8 Å². The van der Waals surface area contributed by atoms with Crippen molar-refractivity contribution >= 4 is 16.9 Å². The predicted octanol–water partition coefficient (Wildman–Crippen LogP) is 2.32. The van der Waals surface area contributed by atoms with Gasteiger partial charge in [-0.1, -0.05) is 0 Å². The van der Waals surface area contributed by atoms with Gasteiger partial charge in [-0.3, -0.25) is 4.79 Å². The van der Waals surface area contributed by atoms with Gasteiger partial charge in [-0.2, -0.15) is 0 Å². The Balaban J connectivity index is 2.70. The zero-order valence-electron chi connectivity index (χ0n) is 11.3. The quantitative estimate of drug-likeness (QED) is 0.886. The Labute approximate surface area is 111 Å². The molecule has 1 atom stereocenters. The summed E-state index contributed by atoms with van der Waals surface area (Å²) in [7, 11) is 1.60. The van der Waals surface area contributed by atoms with E-state index in [-0.39, 0.29) is 6.04 Å². The number of nitrogens with zero attached hydrogens (tertiary/aromatic N) is 1. The molecule has 1 heterocycles. The van der Waals surface area contributed by atoms with E-state index in [0.29, 0.717) is 5.56 Å². The molecular weight excluding hydrogens is 244 g/mol. The second kappa shape index (κ2) is 4.93. The first-order valence-electron chi connectivity index (χ1n) is 6.12. The van der Waals surface area contributed by atoms with Gasteiger partial charge < -0.3 is 20.1 Å². The number of benzene rings is 1. The van der Waals surface area contributed by atoms with Crippen molar-refractivity contribution in [2.45, 2.75) is 25.9 Å². The normalized spacial score (nSPS) is 12.9. The van der Waals surface area contributed by atoms with Crippen LogP contribution in [-0.2, 0) is 4.79 Å². The van der Waals surface area contributed by atoms with Gasteiger partial charge in [-0.25, -0.2) is 0 Å². The molecule has 2 rings (SSSR count). The molecule has 0 radical (unpaired) electrons. The van der Waals surface area contributed by atoms with Crippen molar-refractivity contribution in [1.82, 2.24) is 4.57 Å². The molecule has 2 aromatic rings. The number of fused-ring (bicyclic) bond motifs is 1. The molecule has 5 heteroatoms. The van der Waals surface area contributed by atoms with E-state index in [1.165, 1.54) is 0 Å². The van der Waals surface area contributed by atoms with Crippen molar-refractivity contribution in [2.75, 3.05) is 7.11 Å². The van der Waals surface area contributed by atoms with Gasteiger partial charge in [0.05, 0.1) is 12.6 Å². The van der Waals surface area contributed by atoms with Crippen LogP contribution in [0.5, 0.6) is 5.75 Å². The van der Waals surface area contributed by atoms with Crippen LogP contribution >= 0.6 is 0 Å². The number of hydrogen-bond donors (Lipinski definition) is 2. The summed E-state index contributed by atoms with van der Waals surface area (Å²) >= 11 is 0. The number of aliphatic carboxylic acids is 1. The summed E-state index contributed by atoms with van der Waals surface area (Å²) in [6.07, 6.45) is 1.81. The number of nitrogens with two attached hydrogens (primary N) is 1. The molecular formula is C14H18N2O3. The third-order valence-electron chi connectivity index (χ3n) is 3.23. The fourth-order valence-corrected chi connectivity index (χ4v) is 2.19. The molecule has 1 aromatic carbocycles. The van der Waals surface area contributed by atoms with Crippen LogP contribution in [-0.4, -0.2) is 22.8 Å². The summed E-state index contributed by atoms with van der Waals surface area (Å²) in [5.74, 6) is -0.290. The minimum Gasteiger partial charge on any atom is -0.497 e. The van der Waals surface area contributed by atoms with Crippen LogP contribution in [0.25, 0.3) is 10.9 Å². The maximum atomic E-state index is 11.1. The number of carboxylic acids is 1. The van der Waals surface area contributed by atoms with E-state index in [4.69, 9.17) is 15.6 Å². The molecule has 0 spiro atoms. The number of aromatic nitrogens is 1. The lowest BCUT2D eigenvalue weighted by Gasteiger charge is -2.09. The fourth-order valence-electron chi connectivity index (χ4n) is 2.19. The molecule has 0 saturated carbocycles. The third kappa shape index (κ3) is 2.29.